The zero-order valence-corrected chi connectivity index (χ0v) is 12.3. The molecule has 0 bridgehead atoms. The number of hydrogen-bond donors (Lipinski definition) is 4. The van der Waals surface area contributed by atoms with Gasteiger partial charge in [-0.15, -0.1) is 0 Å². The Balaban J connectivity index is 2.55. The van der Waals surface area contributed by atoms with E-state index in [1.165, 1.54) is 0 Å². The Hall–Kier alpha value is -0.0400. The van der Waals surface area contributed by atoms with Crippen LogP contribution in [0.25, 0.3) is 0 Å². The first-order valence-corrected chi connectivity index (χ1v) is 7.69. The molecule has 0 amide bonds. The average molecular weight is 290 g/mol. The minimum absolute atomic E-state index is 0.156. The minimum atomic E-state index is -0.219. The van der Waals surface area contributed by atoms with Crippen LogP contribution in [0.1, 0.15) is 25.7 Å². The van der Waals surface area contributed by atoms with E-state index in [9.17, 15) is 9.59 Å². The summed E-state index contributed by atoms with van der Waals surface area (Å²) in [6.45, 7) is 1.30. The SMILES string of the molecule is O=C1CCCCN[C@@H](CS)C(=O)CCN[C@H]1CS. The average Bonchev–Trinajstić information content (AvgIpc) is 2.37. The first-order chi connectivity index (χ1) is 8.69. The zero-order valence-electron chi connectivity index (χ0n) is 10.5. The number of ketones is 2. The summed E-state index contributed by atoms with van der Waals surface area (Å²) in [5, 5.41) is 6.31. The maximum atomic E-state index is 11.9. The highest BCUT2D eigenvalue weighted by Gasteiger charge is 2.20. The lowest BCUT2D eigenvalue weighted by Crippen LogP contribution is -2.44. The van der Waals surface area contributed by atoms with E-state index in [0.717, 1.165) is 19.4 Å². The second-order valence-electron chi connectivity index (χ2n) is 4.52. The largest absolute Gasteiger partial charge is 0.307 e. The topological polar surface area (TPSA) is 58.2 Å². The van der Waals surface area contributed by atoms with E-state index in [1.807, 2.05) is 0 Å². The second-order valence-corrected chi connectivity index (χ2v) is 5.25. The molecule has 18 heavy (non-hydrogen) atoms. The van der Waals surface area contributed by atoms with Gasteiger partial charge in [0.05, 0.1) is 12.1 Å². The number of thiol groups is 2. The van der Waals surface area contributed by atoms with Crippen LogP contribution in [0.4, 0.5) is 0 Å². The quantitative estimate of drug-likeness (QED) is 0.559. The van der Waals surface area contributed by atoms with Gasteiger partial charge in [0, 0.05) is 30.9 Å². The van der Waals surface area contributed by atoms with Crippen LogP contribution >= 0.6 is 25.3 Å². The van der Waals surface area contributed by atoms with Crippen LogP contribution in [0.2, 0.25) is 0 Å². The van der Waals surface area contributed by atoms with Gasteiger partial charge >= 0.3 is 0 Å². The normalized spacial score (nSPS) is 28.6. The van der Waals surface area contributed by atoms with Crippen LogP contribution < -0.4 is 10.6 Å². The lowest BCUT2D eigenvalue weighted by Gasteiger charge is -2.19. The number of rotatable bonds is 2. The van der Waals surface area contributed by atoms with Crippen molar-refractivity contribution in [3.63, 3.8) is 0 Å². The fourth-order valence-electron chi connectivity index (χ4n) is 1.98. The number of carbonyl (C=O) groups excluding carboxylic acids is 2. The summed E-state index contributed by atoms with van der Waals surface area (Å²) >= 11 is 8.38. The van der Waals surface area contributed by atoms with Gasteiger partial charge in [-0.1, -0.05) is 0 Å². The molecule has 6 heteroatoms. The van der Waals surface area contributed by atoms with E-state index < -0.39 is 0 Å². The summed E-state index contributed by atoms with van der Waals surface area (Å²) < 4.78 is 0. The van der Waals surface area contributed by atoms with E-state index in [4.69, 9.17) is 0 Å². The second kappa shape index (κ2) is 8.96. The van der Waals surface area contributed by atoms with Crippen molar-refractivity contribution in [2.45, 2.75) is 37.8 Å². The summed E-state index contributed by atoms with van der Waals surface area (Å²) in [5.74, 6) is 1.36. The van der Waals surface area contributed by atoms with Gasteiger partial charge in [0.1, 0.15) is 0 Å². The molecule has 2 atom stereocenters. The summed E-state index contributed by atoms with van der Waals surface area (Å²) in [7, 11) is 0. The Morgan fingerprint density at radius 2 is 1.44 bits per heavy atom. The van der Waals surface area contributed by atoms with Gasteiger partial charge in [-0.25, -0.2) is 0 Å². The van der Waals surface area contributed by atoms with Crippen LogP contribution in [0.3, 0.4) is 0 Å². The molecule has 0 unspecified atom stereocenters. The van der Waals surface area contributed by atoms with E-state index in [-0.39, 0.29) is 23.7 Å². The van der Waals surface area contributed by atoms with Crippen molar-refractivity contribution in [2.24, 2.45) is 0 Å². The van der Waals surface area contributed by atoms with Crippen molar-refractivity contribution in [3.05, 3.63) is 0 Å². The van der Waals surface area contributed by atoms with E-state index in [2.05, 4.69) is 35.9 Å². The maximum absolute atomic E-state index is 11.9. The van der Waals surface area contributed by atoms with Crippen LogP contribution in [0, 0.1) is 0 Å². The first kappa shape index (κ1) is 16.0. The Morgan fingerprint density at radius 1 is 0.889 bits per heavy atom. The smallest absolute Gasteiger partial charge is 0.151 e. The summed E-state index contributed by atoms with van der Waals surface area (Å²) in [5.41, 5.74) is 0. The van der Waals surface area contributed by atoms with Crippen molar-refractivity contribution in [1.29, 1.82) is 0 Å². The van der Waals surface area contributed by atoms with Crippen molar-refractivity contribution in [3.8, 4) is 0 Å². The molecular formula is C12H22N2O2S2. The third-order valence-corrected chi connectivity index (χ3v) is 3.88. The monoisotopic (exact) mass is 290 g/mol. The van der Waals surface area contributed by atoms with Gasteiger partial charge in [0.2, 0.25) is 0 Å². The molecule has 1 aliphatic rings. The van der Waals surface area contributed by atoms with Crippen LogP contribution in [-0.4, -0.2) is 48.2 Å². The van der Waals surface area contributed by atoms with Crippen LogP contribution in [0.5, 0.6) is 0 Å². The standard InChI is InChI=1S/C12H22N2O2S2/c15-11-3-1-2-5-13-10(8-18)12(16)4-6-14-9(11)7-17/h9-10,13-14,17-18H,1-8H2/t9-,10-/m0/s1. The van der Waals surface area contributed by atoms with Crippen molar-refractivity contribution >= 4 is 36.8 Å². The molecule has 4 nitrogen and oxygen atoms in total. The summed E-state index contributed by atoms with van der Waals surface area (Å²) in [6.07, 6.45) is 2.77. The molecule has 1 saturated heterocycles. The van der Waals surface area contributed by atoms with Gasteiger partial charge < -0.3 is 10.6 Å². The highest BCUT2D eigenvalue weighted by molar-refractivity contribution is 7.80. The number of nitrogens with one attached hydrogen (secondary N) is 2. The lowest BCUT2D eigenvalue weighted by atomic mass is 10.1. The molecule has 1 fully saturated rings. The molecule has 0 aliphatic carbocycles. The van der Waals surface area contributed by atoms with E-state index in [0.29, 0.717) is 30.9 Å². The zero-order chi connectivity index (χ0) is 13.4. The van der Waals surface area contributed by atoms with Gasteiger partial charge in [0.25, 0.3) is 0 Å². The third kappa shape index (κ3) is 5.30. The molecule has 1 rings (SSSR count). The van der Waals surface area contributed by atoms with Crippen molar-refractivity contribution < 1.29 is 9.59 Å². The van der Waals surface area contributed by atoms with Gasteiger partial charge in [-0.3, -0.25) is 9.59 Å². The fraction of sp³-hybridized carbons (Fsp3) is 0.833. The Morgan fingerprint density at radius 3 is 2.06 bits per heavy atom. The predicted octanol–water partition coefficient (Wildman–Crippen LogP) is 0.475. The van der Waals surface area contributed by atoms with Gasteiger partial charge in [0.15, 0.2) is 11.6 Å². The highest BCUT2D eigenvalue weighted by atomic mass is 32.1. The van der Waals surface area contributed by atoms with Crippen molar-refractivity contribution in [2.75, 3.05) is 24.6 Å². The number of carbonyl (C=O) groups is 2. The molecule has 0 aromatic rings. The third-order valence-electron chi connectivity index (χ3n) is 3.15. The molecule has 0 aromatic heterocycles. The molecule has 104 valence electrons. The molecule has 0 spiro atoms. The molecule has 0 saturated carbocycles. The van der Waals surface area contributed by atoms with Gasteiger partial charge in [-0.05, 0) is 19.4 Å². The molecule has 0 aromatic carbocycles. The minimum Gasteiger partial charge on any atom is -0.307 e. The summed E-state index contributed by atoms with van der Waals surface area (Å²) in [4.78, 5) is 23.7. The molecule has 1 heterocycles. The Kier molecular flexibility index (Phi) is 7.97. The first-order valence-electron chi connectivity index (χ1n) is 6.43. The lowest BCUT2D eigenvalue weighted by molar-refractivity contribution is -0.122. The van der Waals surface area contributed by atoms with E-state index >= 15 is 0 Å². The number of hydrogen-bond acceptors (Lipinski definition) is 6. The Bertz CT molecular complexity index is 287. The van der Waals surface area contributed by atoms with Crippen LogP contribution in [-0.2, 0) is 9.59 Å². The predicted molar refractivity (Wildman–Crippen MR) is 79.8 cm³/mol. The van der Waals surface area contributed by atoms with Crippen LogP contribution in [0.15, 0.2) is 0 Å². The Labute approximate surface area is 119 Å². The molecule has 1 aliphatic heterocycles. The van der Waals surface area contributed by atoms with E-state index in [1.54, 1.807) is 0 Å². The molecule has 2 N–H and O–H groups in total. The highest BCUT2D eigenvalue weighted by Crippen LogP contribution is 2.04. The van der Waals surface area contributed by atoms with Crippen molar-refractivity contribution in [1.82, 2.24) is 10.6 Å². The van der Waals surface area contributed by atoms with Gasteiger partial charge in [-0.2, -0.15) is 25.3 Å². The number of Topliss-reactive ketones (excluding diaryl/α,β-unsaturated/α-hetero) is 2. The molecular weight excluding hydrogens is 268 g/mol. The molecule has 0 radical (unpaired) electrons. The fourth-order valence-corrected chi connectivity index (χ4v) is 2.64. The maximum Gasteiger partial charge on any atom is 0.151 e. The summed E-state index contributed by atoms with van der Waals surface area (Å²) in [6, 6.07) is -0.386.